The number of ether oxygens (including phenoxy) is 1. The van der Waals surface area contributed by atoms with Crippen LogP contribution in [0.4, 0.5) is 4.79 Å². The number of hydrogen-bond acceptors (Lipinski definition) is 6. The summed E-state index contributed by atoms with van der Waals surface area (Å²) >= 11 is 5.81. The van der Waals surface area contributed by atoms with Crippen LogP contribution in [0.15, 0.2) is 23.3 Å². The summed E-state index contributed by atoms with van der Waals surface area (Å²) in [4.78, 5) is 25.0. The van der Waals surface area contributed by atoms with Crippen molar-refractivity contribution in [3.8, 4) is 0 Å². The van der Waals surface area contributed by atoms with Gasteiger partial charge in [0.15, 0.2) is 5.96 Å². The number of halogens is 2. The summed E-state index contributed by atoms with van der Waals surface area (Å²) in [6.45, 7) is 9.19. The predicted octanol–water partition coefficient (Wildman–Crippen LogP) is 2.78. The Hall–Kier alpha value is -1.29. The molecule has 2 aliphatic heterocycles. The summed E-state index contributed by atoms with van der Waals surface area (Å²) < 4.78 is 5.47. The molecule has 0 bridgehead atoms. The van der Waals surface area contributed by atoms with Crippen LogP contribution in [-0.4, -0.2) is 71.2 Å². The molecule has 3 heterocycles. The Bertz CT molecular complexity index is 677. The van der Waals surface area contributed by atoms with E-state index >= 15 is 0 Å². The fourth-order valence-electron chi connectivity index (χ4n) is 3.10. The van der Waals surface area contributed by atoms with Crippen molar-refractivity contribution in [1.82, 2.24) is 20.1 Å². The molecular formula is C18H27ClIN5O2. The maximum absolute atomic E-state index is 12.3. The number of hydrogen-bond donors (Lipinski definition) is 1. The summed E-state index contributed by atoms with van der Waals surface area (Å²) in [5.41, 5.74) is 0.663. The first-order chi connectivity index (χ1) is 12.3. The van der Waals surface area contributed by atoms with Crippen LogP contribution >= 0.6 is 35.6 Å². The van der Waals surface area contributed by atoms with Gasteiger partial charge in [0.2, 0.25) is 0 Å². The van der Waals surface area contributed by atoms with E-state index in [2.05, 4.69) is 20.2 Å². The quantitative estimate of drug-likeness (QED) is 0.503. The molecule has 1 N–H and O–H groups in total. The SMILES string of the molecule is CC(C)(C)OC(=O)N1CCN2C(NCCc3ccc(Cl)nc3)=NCC2C1.I. The number of carbonyl (C=O) groups is 1. The van der Waals surface area contributed by atoms with Crippen LogP contribution in [0.5, 0.6) is 0 Å². The molecule has 1 atom stereocenters. The van der Waals surface area contributed by atoms with E-state index in [-0.39, 0.29) is 36.1 Å². The van der Waals surface area contributed by atoms with Crippen LogP contribution in [0.2, 0.25) is 5.15 Å². The molecule has 27 heavy (non-hydrogen) atoms. The second-order valence-corrected chi connectivity index (χ2v) is 7.99. The molecule has 9 heteroatoms. The van der Waals surface area contributed by atoms with Crippen LogP contribution < -0.4 is 5.32 Å². The van der Waals surface area contributed by atoms with Crippen molar-refractivity contribution >= 4 is 47.6 Å². The number of pyridine rings is 1. The molecule has 0 spiro atoms. The Kier molecular flexibility index (Phi) is 7.55. The lowest BCUT2D eigenvalue weighted by atomic mass is 10.2. The molecule has 1 amide bonds. The van der Waals surface area contributed by atoms with E-state index in [4.69, 9.17) is 16.3 Å². The van der Waals surface area contributed by atoms with Crippen LogP contribution in [0.1, 0.15) is 26.3 Å². The summed E-state index contributed by atoms with van der Waals surface area (Å²) in [5, 5.41) is 3.91. The molecule has 1 saturated heterocycles. The van der Waals surface area contributed by atoms with Gasteiger partial charge in [0.05, 0.1) is 12.6 Å². The van der Waals surface area contributed by atoms with Gasteiger partial charge in [0, 0.05) is 32.4 Å². The Morgan fingerprint density at radius 1 is 1.37 bits per heavy atom. The van der Waals surface area contributed by atoms with Crippen LogP contribution in [-0.2, 0) is 11.2 Å². The van der Waals surface area contributed by atoms with Gasteiger partial charge in [-0.3, -0.25) is 4.99 Å². The number of fused-ring (bicyclic) bond motifs is 1. The van der Waals surface area contributed by atoms with E-state index in [0.717, 1.165) is 31.0 Å². The van der Waals surface area contributed by atoms with E-state index in [1.165, 1.54) is 0 Å². The number of amides is 1. The Balaban J connectivity index is 0.00000261. The number of aromatic nitrogens is 1. The summed E-state index contributed by atoms with van der Waals surface area (Å²) in [7, 11) is 0. The molecule has 1 unspecified atom stereocenters. The molecule has 0 radical (unpaired) electrons. The van der Waals surface area contributed by atoms with Gasteiger partial charge < -0.3 is 19.9 Å². The molecule has 1 aromatic heterocycles. The van der Waals surface area contributed by atoms with E-state index in [9.17, 15) is 4.79 Å². The van der Waals surface area contributed by atoms with Crippen molar-refractivity contribution < 1.29 is 9.53 Å². The van der Waals surface area contributed by atoms with E-state index in [1.54, 1.807) is 17.2 Å². The summed E-state index contributed by atoms with van der Waals surface area (Å²) in [6.07, 6.45) is 2.41. The second-order valence-electron chi connectivity index (χ2n) is 7.60. The average molecular weight is 508 g/mol. The minimum absolute atomic E-state index is 0. The van der Waals surface area contributed by atoms with Crippen LogP contribution in [0.3, 0.4) is 0 Å². The molecule has 0 aromatic carbocycles. The highest BCUT2D eigenvalue weighted by molar-refractivity contribution is 14.0. The monoisotopic (exact) mass is 507 g/mol. The summed E-state index contributed by atoms with van der Waals surface area (Å²) in [5.74, 6) is 0.917. The molecule has 0 saturated carbocycles. The predicted molar refractivity (Wildman–Crippen MR) is 117 cm³/mol. The highest BCUT2D eigenvalue weighted by Gasteiger charge is 2.36. The van der Waals surface area contributed by atoms with Gasteiger partial charge in [-0.1, -0.05) is 17.7 Å². The lowest BCUT2D eigenvalue weighted by Gasteiger charge is -2.39. The lowest BCUT2D eigenvalue weighted by molar-refractivity contribution is 0.0137. The molecule has 0 aliphatic carbocycles. The normalized spacial score (nSPS) is 19.1. The van der Waals surface area contributed by atoms with E-state index < -0.39 is 5.60 Å². The van der Waals surface area contributed by atoms with Crippen molar-refractivity contribution in [1.29, 1.82) is 0 Å². The average Bonchev–Trinajstić information content (AvgIpc) is 2.97. The zero-order valence-corrected chi connectivity index (χ0v) is 19.0. The summed E-state index contributed by atoms with van der Waals surface area (Å²) in [6, 6.07) is 4.00. The van der Waals surface area contributed by atoms with Crippen LogP contribution in [0.25, 0.3) is 0 Å². The van der Waals surface area contributed by atoms with Gasteiger partial charge in [-0.25, -0.2) is 9.78 Å². The van der Waals surface area contributed by atoms with E-state index in [0.29, 0.717) is 24.8 Å². The fraction of sp³-hybridized carbons (Fsp3) is 0.611. The Labute approximate surface area is 182 Å². The second kappa shape index (κ2) is 9.27. The molecule has 7 nitrogen and oxygen atoms in total. The van der Waals surface area contributed by atoms with Crippen molar-refractivity contribution in [2.75, 3.05) is 32.7 Å². The van der Waals surface area contributed by atoms with Crippen molar-refractivity contribution in [3.63, 3.8) is 0 Å². The maximum atomic E-state index is 12.3. The smallest absolute Gasteiger partial charge is 0.410 e. The number of aliphatic imine (C=N–C) groups is 1. The molecule has 1 fully saturated rings. The van der Waals surface area contributed by atoms with Crippen LogP contribution in [0, 0.1) is 0 Å². The van der Waals surface area contributed by atoms with Gasteiger partial charge in [-0.2, -0.15) is 0 Å². The third-order valence-corrected chi connectivity index (χ3v) is 4.57. The molecule has 150 valence electrons. The topological polar surface area (TPSA) is 70.1 Å². The standard InChI is InChI=1S/C18H26ClN5O2.HI/c1-18(2,3)26-17(25)23-8-9-24-14(12-23)11-22-16(24)20-7-6-13-4-5-15(19)21-10-13;/h4-5,10,14H,6-9,11-12H2,1-3H3,(H,20,22);1H. The Morgan fingerprint density at radius 3 is 2.81 bits per heavy atom. The number of nitrogens with zero attached hydrogens (tertiary/aromatic N) is 4. The van der Waals surface area contributed by atoms with Gasteiger partial charge in [-0.05, 0) is 38.8 Å². The number of piperazine rings is 1. The minimum Gasteiger partial charge on any atom is -0.444 e. The minimum atomic E-state index is -0.469. The van der Waals surface area contributed by atoms with Crippen molar-refractivity contribution in [2.24, 2.45) is 4.99 Å². The number of nitrogens with one attached hydrogen (secondary N) is 1. The zero-order valence-electron chi connectivity index (χ0n) is 15.9. The molecule has 1 aromatic rings. The highest BCUT2D eigenvalue weighted by Crippen LogP contribution is 2.18. The maximum Gasteiger partial charge on any atom is 0.410 e. The zero-order chi connectivity index (χ0) is 18.7. The number of carbonyl (C=O) groups excluding carboxylic acids is 1. The number of guanidine groups is 1. The number of rotatable bonds is 3. The van der Waals surface area contributed by atoms with E-state index in [1.807, 2.05) is 26.8 Å². The molecule has 3 rings (SSSR count). The van der Waals surface area contributed by atoms with Gasteiger partial charge >= 0.3 is 6.09 Å². The fourth-order valence-corrected chi connectivity index (χ4v) is 3.21. The van der Waals surface area contributed by atoms with Gasteiger partial charge in [0.1, 0.15) is 10.8 Å². The largest absolute Gasteiger partial charge is 0.444 e. The van der Waals surface area contributed by atoms with Gasteiger partial charge in [0.25, 0.3) is 0 Å². The molecule has 2 aliphatic rings. The van der Waals surface area contributed by atoms with Crippen molar-refractivity contribution in [3.05, 3.63) is 29.0 Å². The molecular weight excluding hydrogens is 481 g/mol. The Morgan fingerprint density at radius 2 is 2.15 bits per heavy atom. The van der Waals surface area contributed by atoms with Crippen molar-refractivity contribution in [2.45, 2.75) is 38.8 Å². The third kappa shape index (κ3) is 6.10. The first-order valence-electron chi connectivity index (χ1n) is 8.95. The first kappa shape index (κ1) is 22.0. The first-order valence-corrected chi connectivity index (χ1v) is 9.33. The van der Waals surface area contributed by atoms with Gasteiger partial charge in [-0.15, -0.1) is 24.0 Å². The lowest BCUT2D eigenvalue weighted by Crippen LogP contribution is -2.57. The third-order valence-electron chi connectivity index (χ3n) is 4.34. The highest BCUT2D eigenvalue weighted by atomic mass is 127.